The van der Waals surface area contributed by atoms with Gasteiger partial charge in [0.25, 0.3) is 0 Å². The average molecular weight is 494 g/mol. The van der Waals surface area contributed by atoms with Gasteiger partial charge in [-0.15, -0.1) is 0 Å². The van der Waals surface area contributed by atoms with Gasteiger partial charge in [0.05, 0.1) is 36.0 Å². The van der Waals surface area contributed by atoms with Crippen molar-refractivity contribution in [2.24, 2.45) is 5.11 Å². The first kappa shape index (κ1) is 25.3. The number of azide groups is 1. The molecule has 0 unspecified atom stereocenters. The van der Waals surface area contributed by atoms with Crippen molar-refractivity contribution in [1.82, 2.24) is 10.2 Å². The first-order valence-corrected chi connectivity index (χ1v) is 11.3. The summed E-state index contributed by atoms with van der Waals surface area (Å²) in [4.78, 5) is 32.4. The normalized spacial score (nSPS) is 18.3. The van der Waals surface area contributed by atoms with Crippen LogP contribution in [-0.4, -0.2) is 79.6 Å². The number of benzene rings is 1. The quantitative estimate of drug-likeness (QED) is 0.279. The molecule has 1 aromatic carbocycles. The van der Waals surface area contributed by atoms with Crippen molar-refractivity contribution in [1.29, 1.82) is 0 Å². The number of hydrogen-bond acceptors (Lipinski definition) is 7. The molecule has 11 nitrogen and oxygen atoms in total. The summed E-state index contributed by atoms with van der Waals surface area (Å²) < 4.78 is 25.3. The maximum Gasteiger partial charge on any atom is 0.414 e. The Kier molecular flexibility index (Phi) is 8.00. The molecule has 1 N–H and O–H groups in total. The zero-order valence-electron chi connectivity index (χ0n) is 19.4. The van der Waals surface area contributed by atoms with Gasteiger partial charge in [0.2, 0.25) is 0 Å². The highest BCUT2D eigenvalue weighted by molar-refractivity contribution is 7.80. The predicted octanol–water partition coefficient (Wildman–Crippen LogP) is 3.44. The Labute approximate surface area is 202 Å². The summed E-state index contributed by atoms with van der Waals surface area (Å²) in [7, 11) is 0. The Bertz CT molecular complexity index is 988. The first-order chi connectivity index (χ1) is 16.1. The van der Waals surface area contributed by atoms with E-state index < -0.39 is 29.7 Å². The second kappa shape index (κ2) is 10.7. The zero-order chi connectivity index (χ0) is 24.9. The molecule has 3 rings (SSSR count). The summed E-state index contributed by atoms with van der Waals surface area (Å²) in [5, 5.41) is 6.07. The van der Waals surface area contributed by atoms with Crippen molar-refractivity contribution in [3.8, 4) is 0 Å². The molecule has 184 valence electrons. The van der Waals surface area contributed by atoms with Crippen LogP contribution in [0.15, 0.2) is 23.3 Å². The number of cyclic esters (lactones) is 1. The van der Waals surface area contributed by atoms with E-state index in [1.54, 1.807) is 32.9 Å². The van der Waals surface area contributed by atoms with Gasteiger partial charge < -0.3 is 24.6 Å². The second-order valence-electron chi connectivity index (χ2n) is 8.89. The fourth-order valence-corrected chi connectivity index (χ4v) is 3.90. The summed E-state index contributed by atoms with van der Waals surface area (Å²) >= 11 is 5.43. The predicted molar refractivity (Wildman–Crippen MR) is 129 cm³/mol. The minimum atomic E-state index is -0.604. The van der Waals surface area contributed by atoms with Crippen molar-refractivity contribution in [3.05, 3.63) is 34.5 Å². The maximum absolute atomic E-state index is 14.9. The molecule has 0 aliphatic carbocycles. The van der Waals surface area contributed by atoms with Gasteiger partial charge in [-0.2, -0.15) is 0 Å². The molecule has 0 radical (unpaired) electrons. The lowest BCUT2D eigenvalue weighted by Crippen LogP contribution is -2.51. The minimum absolute atomic E-state index is 0.0265. The van der Waals surface area contributed by atoms with Crippen LogP contribution in [0, 0.1) is 5.82 Å². The molecular formula is C21H28FN7O4S. The topological polar surface area (TPSA) is 123 Å². The van der Waals surface area contributed by atoms with Gasteiger partial charge in [-0.1, -0.05) is 17.3 Å². The number of piperazine rings is 1. The molecule has 2 fully saturated rings. The number of thiocarbonyl (C=S) groups is 1. The highest BCUT2D eigenvalue weighted by Crippen LogP contribution is 2.28. The Morgan fingerprint density at radius 3 is 2.68 bits per heavy atom. The van der Waals surface area contributed by atoms with E-state index in [1.807, 2.05) is 9.80 Å². The summed E-state index contributed by atoms with van der Waals surface area (Å²) in [5.41, 5.74) is 8.64. The fraction of sp³-hybridized carbons (Fsp3) is 0.571. The van der Waals surface area contributed by atoms with Crippen molar-refractivity contribution >= 4 is 40.8 Å². The Hall–Kier alpha value is -3.31. The maximum atomic E-state index is 14.9. The van der Waals surface area contributed by atoms with E-state index >= 15 is 0 Å². The van der Waals surface area contributed by atoms with Crippen LogP contribution < -0.4 is 15.1 Å². The molecule has 2 aliphatic heterocycles. The molecule has 2 aliphatic rings. The zero-order valence-corrected chi connectivity index (χ0v) is 20.2. The lowest BCUT2D eigenvalue weighted by molar-refractivity contribution is 0.0535. The number of ether oxygens (including phenoxy) is 2. The van der Waals surface area contributed by atoms with Crippen LogP contribution >= 0.6 is 12.2 Å². The molecule has 34 heavy (non-hydrogen) atoms. The van der Waals surface area contributed by atoms with Crippen LogP contribution in [0.4, 0.5) is 25.4 Å². The Morgan fingerprint density at radius 1 is 1.35 bits per heavy atom. The summed E-state index contributed by atoms with van der Waals surface area (Å²) in [6, 6.07) is 4.60. The molecule has 0 bridgehead atoms. The van der Waals surface area contributed by atoms with E-state index in [4.69, 9.17) is 27.2 Å². The van der Waals surface area contributed by atoms with Crippen molar-refractivity contribution in [2.75, 3.05) is 55.6 Å². The number of nitrogens with zero attached hydrogens (tertiary/aromatic N) is 6. The molecule has 2 heterocycles. The van der Waals surface area contributed by atoms with E-state index in [-0.39, 0.29) is 19.6 Å². The standard InChI is InChI=1S/C21H28FN7O4S/c1-21(2,3)33-19(30)24-12-18(34)28-8-6-27(7-9-28)17-5-4-14(10-16(17)22)29-13-15(11-25-26-23)32-20(29)31/h4-5,10,15H,6-9,11-13H2,1-3H3,(H,24,30)/t15-/m0/s1. The SMILES string of the molecule is CC(C)(C)OC(=O)NCC(=S)N1CCN(c2ccc(N3C[C@H](CN=[N+]=[N-])OC3=O)cc2F)CC1. The molecule has 1 atom stereocenters. The van der Waals surface area contributed by atoms with Gasteiger partial charge in [-0.05, 0) is 44.5 Å². The van der Waals surface area contributed by atoms with Gasteiger partial charge in [0.1, 0.15) is 17.5 Å². The monoisotopic (exact) mass is 493 g/mol. The molecule has 2 amide bonds. The van der Waals surface area contributed by atoms with E-state index in [2.05, 4.69) is 15.3 Å². The number of amides is 2. The van der Waals surface area contributed by atoms with Crippen LogP contribution in [0.25, 0.3) is 10.4 Å². The molecule has 2 saturated heterocycles. The third-order valence-electron chi connectivity index (χ3n) is 5.22. The molecule has 1 aromatic rings. The van der Waals surface area contributed by atoms with E-state index in [0.29, 0.717) is 42.5 Å². The van der Waals surface area contributed by atoms with Crippen molar-refractivity contribution < 1.29 is 23.5 Å². The molecular weight excluding hydrogens is 465 g/mol. The summed E-state index contributed by atoms with van der Waals surface area (Å²) in [5.74, 6) is -0.452. The van der Waals surface area contributed by atoms with Crippen LogP contribution in [0.1, 0.15) is 20.8 Å². The molecule has 0 aromatic heterocycles. The molecule has 13 heteroatoms. The molecule has 0 spiro atoms. The first-order valence-electron chi connectivity index (χ1n) is 10.9. The fourth-order valence-electron chi connectivity index (χ4n) is 3.65. The number of alkyl carbamates (subject to hydrolysis) is 1. The highest BCUT2D eigenvalue weighted by Gasteiger charge is 2.32. The summed E-state index contributed by atoms with van der Waals surface area (Å²) in [6.07, 6.45) is -1.69. The van der Waals surface area contributed by atoms with Gasteiger partial charge >= 0.3 is 12.2 Å². The van der Waals surface area contributed by atoms with Crippen LogP contribution in [0.5, 0.6) is 0 Å². The second-order valence-corrected chi connectivity index (χ2v) is 9.36. The van der Waals surface area contributed by atoms with Gasteiger partial charge in [-0.3, -0.25) is 4.90 Å². The van der Waals surface area contributed by atoms with Gasteiger partial charge in [-0.25, -0.2) is 14.0 Å². The van der Waals surface area contributed by atoms with E-state index in [9.17, 15) is 14.0 Å². The van der Waals surface area contributed by atoms with Crippen LogP contribution in [-0.2, 0) is 9.47 Å². The number of carbonyl (C=O) groups excluding carboxylic acids is 2. The Balaban J connectivity index is 1.52. The van der Waals surface area contributed by atoms with Crippen LogP contribution in [0.2, 0.25) is 0 Å². The third-order valence-corrected chi connectivity index (χ3v) is 5.62. The number of carbonyl (C=O) groups is 2. The lowest BCUT2D eigenvalue weighted by Gasteiger charge is -2.37. The molecule has 0 saturated carbocycles. The van der Waals surface area contributed by atoms with Gasteiger partial charge in [0, 0.05) is 31.1 Å². The number of hydrogen-bond donors (Lipinski definition) is 1. The smallest absolute Gasteiger partial charge is 0.414 e. The largest absolute Gasteiger partial charge is 0.444 e. The van der Waals surface area contributed by atoms with Crippen LogP contribution in [0.3, 0.4) is 0 Å². The van der Waals surface area contributed by atoms with Gasteiger partial charge in [0.15, 0.2) is 0 Å². The Morgan fingerprint density at radius 2 is 2.06 bits per heavy atom. The lowest BCUT2D eigenvalue weighted by atomic mass is 10.2. The van der Waals surface area contributed by atoms with Crippen molar-refractivity contribution in [3.63, 3.8) is 0 Å². The number of anilines is 2. The average Bonchev–Trinajstić information content (AvgIpc) is 3.15. The third kappa shape index (κ3) is 6.61. The minimum Gasteiger partial charge on any atom is -0.444 e. The number of nitrogens with one attached hydrogen (secondary N) is 1. The number of halogens is 1. The van der Waals surface area contributed by atoms with Crippen molar-refractivity contribution in [2.45, 2.75) is 32.5 Å². The summed E-state index contributed by atoms with van der Waals surface area (Å²) in [6.45, 7) is 8.01. The van der Waals surface area contributed by atoms with E-state index in [0.717, 1.165) is 0 Å². The van der Waals surface area contributed by atoms with E-state index in [1.165, 1.54) is 11.0 Å². The number of rotatable bonds is 6. The highest BCUT2D eigenvalue weighted by atomic mass is 32.1.